The second-order valence-electron chi connectivity index (χ2n) is 6.05. The summed E-state index contributed by atoms with van der Waals surface area (Å²) in [5.74, 6) is 0. The van der Waals surface area contributed by atoms with Crippen molar-refractivity contribution >= 4 is 26.4 Å². The van der Waals surface area contributed by atoms with Crippen molar-refractivity contribution in [2.24, 2.45) is 5.41 Å². The number of pyridine rings is 1. The van der Waals surface area contributed by atoms with Gasteiger partial charge in [-0.25, -0.2) is 4.98 Å². The third-order valence-electron chi connectivity index (χ3n) is 3.05. The molecule has 0 fully saturated rings. The highest BCUT2D eigenvalue weighted by atomic mass is 79.9. The Bertz CT molecular complexity index is 387. The summed E-state index contributed by atoms with van der Waals surface area (Å²) in [5.41, 5.74) is 1.08. The summed E-state index contributed by atoms with van der Waals surface area (Å²) in [4.78, 5) is 4.58. The number of rotatable bonds is 3. The molecular formula is C13H22BrNOSi. The minimum absolute atomic E-state index is 0.0935. The first-order chi connectivity index (χ1) is 7.69. The first-order valence-corrected chi connectivity index (χ1v) is 7.46. The molecule has 0 aliphatic heterocycles. The predicted molar refractivity (Wildman–Crippen MR) is 79.2 cm³/mol. The van der Waals surface area contributed by atoms with Gasteiger partial charge in [0.25, 0.3) is 0 Å². The fraction of sp³-hybridized carbons (Fsp3) is 0.615. The lowest BCUT2D eigenvalue weighted by atomic mass is 9.71. The Morgan fingerprint density at radius 3 is 2.24 bits per heavy atom. The maximum atomic E-state index is 5.86. The van der Waals surface area contributed by atoms with Crippen LogP contribution in [0, 0.1) is 5.41 Å². The van der Waals surface area contributed by atoms with Crippen LogP contribution in [0.25, 0.3) is 0 Å². The lowest BCUT2D eigenvalue weighted by Crippen LogP contribution is -2.45. The van der Waals surface area contributed by atoms with Crippen LogP contribution in [0.15, 0.2) is 22.8 Å². The molecule has 96 valence electrons. The van der Waals surface area contributed by atoms with Crippen molar-refractivity contribution in [3.63, 3.8) is 0 Å². The van der Waals surface area contributed by atoms with Crippen LogP contribution in [-0.2, 0) is 9.84 Å². The molecule has 0 N–H and O–H groups in total. The Morgan fingerprint density at radius 2 is 1.82 bits per heavy atom. The topological polar surface area (TPSA) is 22.1 Å². The van der Waals surface area contributed by atoms with E-state index in [0.29, 0.717) is 0 Å². The molecule has 2 nitrogen and oxygen atoms in total. The van der Waals surface area contributed by atoms with E-state index in [-0.39, 0.29) is 16.9 Å². The molecule has 0 bridgehead atoms. The zero-order chi connectivity index (χ0) is 13.3. The molecule has 0 aliphatic rings. The summed E-state index contributed by atoms with van der Waals surface area (Å²) in [6.45, 7) is 11.1. The maximum Gasteiger partial charge on any atom is 0.146 e. The summed E-state index contributed by atoms with van der Waals surface area (Å²) in [6, 6.07) is 6.05. The van der Waals surface area contributed by atoms with Gasteiger partial charge in [-0.05, 0) is 33.5 Å². The third-order valence-corrected chi connectivity index (χ3v) is 3.97. The molecule has 1 heterocycles. The van der Waals surface area contributed by atoms with Crippen LogP contribution in [0.5, 0.6) is 0 Å². The second kappa shape index (κ2) is 5.20. The number of nitrogens with zero attached hydrogens (tertiary/aromatic N) is 1. The van der Waals surface area contributed by atoms with E-state index in [1.807, 2.05) is 12.1 Å². The van der Waals surface area contributed by atoms with E-state index in [9.17, 15) is 0 Å². The van der Waals surface area contributed by atoms with Crippen molar-refractivity contribution < 1.29 is 4.43 Å². The van der Waals surface area contributed by atoms with Gasteiger partial charge < -0.3 is 4.43 Å². The molecule has 1 atom stereocenters. The van der Waals surface area contributed by atoms with Crippen LogP contribution < -0.4 is 0 Å². The highest BCUT2D eigenvalue weighted by molar-refractivity contribution is 9.10. The van der Waals surface area contributed by atoms with Crippen LogP contribution in [0.2, 0.25) is 0 Å². The molecule has 4 heteroatoms. The maximum absolute atomic E-state index is 5.86. The standard InChI is InChI=1S/C13H22BrNOSi/c1-12(2,3)11(16-17)13(4,5)9-7-6-8-10(14)15-9/h6-8,11H,1-5,17H3. The molecule has 0 amide bonds. The largest absolute Gasteiger partial charge is 0.424 e. The van der Waals surface area contributed by atoms with Gasteiger partial charge in [0.2, 0.25) is 0 Å². The fourth-order valence-electron chi connectivity index (χ4n) is 2.63. The summed E-state index contributed by atoms with van der Waals surface area (Å²) < 4.78 is 6.74. The fourth-order valence-corrected chi connectivity index (χ4v) is 4.27. The van der Waals surface area contributed by atoms with Crippen LogP contribution in [0.1, 0.15) is 40.3 Å². The van der Waals surface area contributed by atoms with E-state index in [1.54, 1.807) is 0 Å². The monoisotopic (exact) mass is 315 g/mol. The van der Waals surface area contributed by atoms with Crippen LogP contribution >= 0.6 is 15.9 Å². The number of aromatic nitrogens is 1. The average Bonchev–Trinajstić information content (AvgIpc) is 2.15. The summed E-state index contributed by atoms with van der Waals surface area (Å²) in [5, 5.41) is 0. The van der Waals surface area contributed by atoms with Crippen molar-refractivity contribution in [3.05, 3.63) is 28.5 Å². The Labute approximate surface area is 116 Å². The van der Waals surface area contributed by atoms with Crippen LogP contribution in [0.4, 0.5) is 0 Å². The van der Waals surface area contributed by atoms with Gasteiger partial charge >= 0.3 is 0 Å². The molecule has 0 aromatic carbocycles. The Hall–Kier alpha value is -0.193. The second-order valence-corrected chi connectivity index (χ2v) is 7.33. The molecule has 0 saturated heterocycles. The zero-order valence-corrected chi connectivity index (χ0v) is 15.1. The Kier molecular flexibility index (Phi) is 4.55. The van der Waals surface area contributed by atoms with E-state index >= 15 is 0 Å². The van der Waals surface area contributed by atoms with E-state index in [4.69, 9.17) is 4.43 Å². The molecule has 0 radical (unpaired) electrons. The number of halogens is 1. The first-order valence-electron chi connectivity index (χ1n) is 5.85. The molecule has 1 rings (SSSR count). The first kappa shape index (κ1) is 14.9. The van der Waals surface area contributed by atoms with Gasteiger partial charge in [0.15, 0.2) is 0 Å². The van der Waals surface area contributed by atoms with Gasteiger partial charge in [-0.15, -0.1) is 0 Å². The summed E-state index contributed by atoms with van der Waals surface area (Å²) in [7, 11) is 0.744. The van der Waals surface area contributed by atoms with Crippen LogP contribution in [0.3, 0.4) is 0 Å². The normalized spacial score (nSPS) is 14.9. The Balaban J connectivity index is 3.17. The zero-order valence-electron chi connectivity index (χ0n) is 11.5. The smallest absolute Gasteiger partial charge is 0.146 e. The number of hydrogen-bond acceptors (Lipinski definition) is 2. The molecule has 0 saturated carbocycles. The van der Waals surface area contributed by atoms with E-state index in [1.165, 1.54) is 0 Å². The lowest BCUT2D eigenvalue weighted by Gasteiger charge is -2.41. The van der Waals surface area contributed by atoms with E-state index < -0.39 is 0 Å². The third kappa shape index (κ3) is 3.39. The van der Waals surface area contributed by atoms with E-state index in [2.05, 4.69) is 61.6 Å². The number of hydrogen-bond donors (Lipinski definition) is 0. The molecule has 1 aromatic rings. The average molecular weight is 316 g/mol. The Morgan fingerprint density at radius 1 is 1.24 bits per heavy atom. The molecule has 1 unspecified atom stereocenters. The molecule has 0 spiro atoms. The lowest BCUT2D eigenvalue weighted by molar-refractivity contribution is 0.0329. The van der Waals surface area contributed by atoms with Crippen molar-refractivity contribution in [1.29, 1.82) is 0 Å². The van der Waals surface area contributed by atoms with Gasteiger partial charge in [0, 0.05) is 11.1 Å². The predicted octanol–water partition coefficient (Wildman–Crippen LogP) is 2.83. The van der Waals surface area contributed by atoms with Crippen molar-refractivity contribution in [2.45, 2.75) is 46.1 Å². The SMILES string of the molecule is CC(C)(C)C(O[SiH3])C(C)(C)c1cccc(Br)n1. The summed E-state index contributed by atoms with van der Waals surface area (Å²) >= 11 is 3.43. The molecular weight excluding hydrogens is 294 g/mol. The highest BCUT2D eigenvalue weighted by Crippen LogP contribution is 2.38. The van der Waals surface area contributed by atoms with Crippen molar-refractivity contribution in [1.82, 2.24) is 4.98 Å². The minimum Gasteiger partial charge on any atom is -0.424 e. The van der Waals surface area contributed by atoms with Gasteiger partial charge in [-0.2, -0.15) is 0 Å². The van der Waals surface area contributed by atoms with E-state index in [0.717, 1.165) is 20.8 Å². The molecule has 1 aromatic heterocycles. The van der Waals surface area contributed by atoms with Crippen molar-refractivity contribution in [3.8, 4) is 0 Å². The van der Waals surface area contributed by atoms with Gasteiger partial charge in [0.05, 0.1) is 6.10 Å². The van der Waals surface area contributed by atoms with Crippen molar-refractivity contribution in [2.75, 3.05) is 0 Å². The highest BCUT2D eigenvalue weighted by Gasteiger charge is 2.40. The quantitative estimate of drug-likeness (QED) is 0.632. The van der Waals surface area contributed by atoms with Crippen LogP contribution in [-0.4, -0.2) is 21.6 Å². The van der Waals surface area contributed by atoms with Gasteiger partial charge in [-0.3, -0.25) is 0 Å². The molecule has 17 heavy (non-hydrogen) atoms. The molecule has 0 aliphatic carbocycles. The van der Waals surface area contributed by atoms with Gasteiger partial charge in [-0.1, -0.05) is 40.7 Å². The summed E-state index contributed by atoms with van der Waals surface area (Å²) in [6.07, 6.45) is 0.170. The minimum atomic E-state index is -0.0935. The van der Waals surface area contributed by atoms with Gasteiger partial charge in [0.1, 0.15) is 15.1 Å².